The maximum absolute atomic E-state index is 13.0. The molecular formula is C18H16F3N5O. The van der Waals surface area contributed by atoms with Gasteiger partial charge in [-0.05, 0) is 37.1 Å². The fraction of sp³-hybridized carbons (Fsp3) is 0.333. The summed E-state index contributed by atoms with van der Waals surface area (Å²) in [5.74, 6) is 0.554. The molecule has 0 N–H and O–H groups in total. The van der Waals surface area contributed by atoms with Crippen molar-refractivity contribution in [3.8, 4) is 0 Å². The standard InChI is InChI=1S/C18H16F3N5O/c1-10-5-15-23-11(2)6-16(27)26(15)24-17(10)25-4-3-14-12(9-25)7-13(8-22-14)18(19,20)21/h5-8H,3-4,9H2,1-2H3. The van der Waals surface area contributed by atoms with Crippen LogP contribution in [0.1, 0.15) is 28.1 Å². The Labute approximate surface area is 152 Å². The second kappa shape index (κ2) is 6.04. The molecule has 4 heterocycles. The lowest BCUT2D eigenvalue weighted by molar-refractivity contribution is -0.137. The molecule has 3 aromatic heterocycles. The number of alkyl halides is 3. The average Bonchev–Trinajstić information content (AvgIpc) is 2.59. The molecule has 0 spiro atoms. The van der Waals surface area contributed by atoms with Gasteiger partial charge in [0.15, 0.2) is 11.5 Å². The van der Waals surface area contributed by atoms with Crippen molar-refractivity contribution in [1.29, 1.82) is 0 Å². The first kappa shape index (κ1) is 17.4. The summed E-state index contributed by atoms with van der Waals surface area (Å²) >= 11 is 0. The van der Waals surface area contributed by atoms with Gasteiger partial charge in [0.05, 0.1) is 5.56 Å². The van der Waals surface area contributed by atoms with Gasteiger partial charge in [-0.15, -0.1) is 5.10 Å². The monoisotopic (exact) mass is 375 g/mol. The number of rotatable bonds is 1. The molecule has 0 radical (unpaired) electrons. The molecule has 9 heteroatoms. The molecule has 1 aliphatic rings. The largest absolute Gasteiger partial charge is 0.417 e. The summed E-state index contributed by atoms with van der Waals surface area (Å²) in [6.07, 6.45) is -3.05. The third kappa shape index (κ3) is 3.13. The van der Waals surface area contributed by atoms with Gasteiger partial charge in [-0.2, -0.15) is 17.7 Å². The van der Waals surface area contributed by atoms with Crippen LogP contribution in [0, 0.1) is 13.8 Å². The molecule has 0 unspecified atom stereocenters. The fourth-order valence-corrected chi connectivity index (χ4v) is 3.31. The van der Waals surface area contributed by atoms with E-state index in [1.54, 1.807) is 13.0 Å². The van der Waals surface area contributed by atoms with E-state index >= 15 is 0 Å². The van der Waals surface area contributed by atoms with Crippen LogP contribution >= 0.6 is 0 Å². The van der Waals surface area contributed by atoms with Crippen molar-refractivity contribution >= 4 is 11.5 Å². The smallest absolute Gasteiger partial charge is 0.350 e. The zero-order valence-corrected chi connectivity index (χ0v) is 14.7. The van der Waals surface area contributed by atoms with Gasteiger partial charge in [-0.3, -0.25) is 9.78 Å². The van der Waals surface area contributed by atoms with Gasteiger partial charge in [0, 0.05) is 43.2 Å². The lowest BCUT2D eigenvalue weighted by Gasteiger charge is -2.30. The van der Waals surface area contributed by atoms with Gasteiger partial charge in [0.25, 0.3) is 5.56 Å². The van der Waals surface area contributed by atoms with Gasteiger partial charge in [0.2, 0.25) is 0 Å². The van der Waals surface area contributed by atoms with Crippen LogP contribution in [-0.4, -0.2) is 26.1 Å². The Morgan fingerprint density at radius 2 is 1.93 bits per heavy atom. The Balaban J connectivity index is 1.75. The van der Waals surface area contributed by atoms with Crippen LogP contribution < -0.4 is 10.5 Å². The second-order valence-corrected chi connectivity index (χ2v) is 6.66. The number of hydrogen-bond donors (Lipinski definition) is 0. The van der Waals surface area contributed by atoms with Gasteiger partial charge in [-0.1, -0.05) is 0 Å². The Hall–Kier alpha value is -2.97. The molecule has 140 valence electrons. The molecule has 0 atom stereocenters. The third-order valence-corrected chi connectivity index (χ3v) is 4.61. The van der Waals surface area contributed by atoms with Crippen molar-refractivity contribution in [1.82, 2.24) is 19.6 Å². The molecule has 6 nitrogen and oxygen atoms in total. The summed E-state index contributed by atoms with van der Waals surface area (Å²) < 4.78 is 40.2. The van der Waals surface area contributed by atoms with Gasteiger partial charge in [0.1, 0.15) is 0 Å². The van der Waals surface area contributed by atoms with Crippen LogP contribution in [0.2, 0.25) is 0 Å². The molecular weight excluding hydrogens is 359 g/mol. The quantitative estimate of drug-likeness (QED) is 0.654. The summed E-state index contributed by atoms with van der Waals surface area (Å²) in [5.41, 5.74) is 1.97. The van der Waals surface area contributed by atoms with Crippen LogP contribution in [0.4, 0.5) is 19.0 Å². The highest BCUT2D eigenvalue weighted by Gasteiger charge is 2.32. The molecule has 0 amide bonds. The van der Waals surface area contributed by atoms with Crippen LogP contribution in [0.25, 0.3) is 5.65 Å². The Bertz CT molecular complexity index is 1110. The molecule has 0 fully saturated rings. The third-order valence-electron chi connectivity index (χ3n) is 4.61. The number of pyridine rings is 1. The van der Waals surface area contributed by atoms with E-state index in [1.165, 1.54) is 10.6 Å². The lowest BCUT2D eigenvalue weighted by Crippen LogP contribution is -2.33. The van der Waals surface area contributed by atoms with E-state index in [1.807, 2.05) is 11.8 Å². The number of anilines is 1. The van der Waals surface area contributed by atoms with E-state index in [0.717, 1.165) is 17.8 Å². The molecule has 0 saturated carbocycles. The minimum atomic E-state index is -4.43. The van der Waals surface area contributed by atoms with Crippen molar-refractivity contribution in [3.05, 3.63) is 62.8 Å². The van der Waals surface area contributed by atoms with E-state index in [4.69, 9.17) is 0 Å². The molecule has 0 bridgehead atoms. The number of halogens is 3. The van der Waals surface area contributed by atoms with Crippen molar-refractivity contribution < 1.29 is 13.2 Å². The fourth-order valence-electron chi connectivity index (χ4n) is 3.31. The van der Waals surface area contributed by atoms with Crippen molar-refractivity contribution in [2.24, 2.45) is 0 Å². The first-order valence-corrected chi connectivity index (χ1v) is 8.40. The molecule has 3 aromatic rings. The van der Waals surface area contributed by atoms with Crippen LogP contribution in [0.15, 0.2) is 29.2 Å². The zero-order chi connectivity index (χ0) is 19.3. The minimum absolute atomic E-state index is 0.250. The van der Waals surface area contributed by atoms with E-state index in [-0.39, 0.29) is 12.1 Å². The number of hydrogen-bond acceptors (Lipinski definition) is 5. The highest BCUT2D eigenvalue weighted by atomic mass is 19.4. The Kier molecular flexibility index (Phi) is 3.90. The average molecular weight is 375 g/mol. The van der Waals surface area contributed by atoms with Crippen LogP contribution in [-0.2, 0) is 19.1 Å². The summed E-state index contributed by atoms with van der Waals surface area (Å²) in [6.45, 7) is 4.38. The van der Waals surface area contributed by atoms with Gasteiger partial charge >= 0.3 is 6.18 Å². The molecule has 0 aliphatic carbocycles. The van der Waals surface area contributed by atoms with Gasteiger partial charge < -0.3 is 4.90 Å². The molecule has 1 aliphatic heterocycles. The van der Waals surface area contributed by atoms with Gasteiger partial charge in [-0.25, -0.2) is 4.98 Å². The second-order valence-electron chi connectivity index (χ2n) is 6.66. The van der Waals surface area contributed by atoms with E-state index in [9.17, 15) is 18.0 Å². The lowest BCUT2D eigenvalue weighted by atomic mass is 10.0. The Morgan fingerprint density at radius 3 is 2.67 bits per heavy atom. The molecule has 4 rings (SSSR count). The molecule has 0 aromatic carbocycles. The molecule has 0 saturated heterocycles. The predicted molar refractivity (Wildman–Crippen MR) is 92.7 cm³/mol. The summed E-state index contributed by atoms with van der Waals surface area (Å²) in [5, 5.41) is 4.41. The van der Waals surface area contributed by atoms with E-state index in [0.29, 0.717) is 41.4 Å². The summed E-state index contributed by atoms with van der Waals surface area (Å²) in [6, 6.07) is 4.29. The maximum atomic E-state index is 13.0. The van der Waals surface area contributed by atoms with Crippen LogP contribution in [0.3, 0.4) is 0 Å². The van der Waals surface area contributed by atoms with Crippen molar-refractivity contribution in [2.45, 2.75) is 33.0 Å². The first-order chi connectivity index (χ1) is 12.7. The first-order valence-electron chi connectivity index (χ1n) is 8.40. The maximum Gasteiger partial charge on any atom is 0.417 e. The normalized spacial score (nSPS) is 14.5. The predicted octanol–water partition coefficient (Wildman–Crippen LogP) is 2.68. The van der Waals surface area contributed by atoms with Crippen molar-refractivity contribution in [3.63, 3.8) is 0 Å². The number of fused-ring (bicyclic) bond motifs is 2. The highest BCUT2D eigenvalue weighted by Crippen LogP contribution is 2.32. The number of aromatic nitrogens is 4. The van der Waals surface area contributed by atoms with Crippen LogP contribution in [0.5, 0.6) is 0 Å². The molecule has 27 heavy (non-hydrogen) atoms. The highest BCUT2D eigenvalue weighted by molar-refractivity contribution is 5.54. The zero-order valence-electron chi connectivity index (χ0n) is 14.7. The summed E-state index contributed by atoms with van der Waals surface area (Å²) in [7, 11) is 0. The summed E-state index contributed by atoms with van der Waals surface area (Å²) in [4.78, 5) is 22.4. The van der Waals surface area contributed by atoms with E-state index < -0.39 is 11.7 Å². The van der Waals surface area contributed by atoms with Crippen molar-refractivity contribution in [2.75, 3.05) is 11.4 Å². The topological polar surface area (TPSA) is 63.4 Å². The SMILES string of the molecule is Cc1cc(=O)n2nc(N3CCc4ncc(C(F)(F)F)cc4C3)c(C)cc2n1. The Morgan fingerprint density at radius 1 is 1.15 bits per heavy atom. The number of nitrogens with zero attached hydrogens (tertiary/aromatic N) is 5. The number of aryl methyl sites for hydroxylation is 2. The van der Waals surface area contributed by atoms with E-state index in [2.05, 4.69) is 15.1 Å². The minimum Gasteiger partial charge on any atom is -0.350 e.